The average molecular weight is 183 g/mol. The summed E-state index contributed by atoms with van der Waals surface area (Å²) in [5, 5.41) is 2.98. The molecule has 13 heavy (non-hydrogen) atoms. The quantitative estimate of drug-likeness (QED) is 0.613. The highest BCUT2D eigenvalue weighted by Crippen LogP contribution is 2.19. The predicted molar refractivity (Wildman–Crippen MR) is 50.3 cm³/mol. The Labute approximate surface area is 78.5 Å². The number of urea groups is 1. The van der Waals surface area contributed by atoms with Crippen molar-refractivity contribution in [3.05, 3.63) is 0 Å². The number of likely N-dealkylation sites (tertiary alicyclic amines) is 1. The van der Waals surface area contributed by atoms with Gasteiger partial charge >= 0.3 is 6.03 Å². The maximum absolute atomic E-state index is 11.6. The molecule has 4 heteroatoms. The van der Waals surface area contributed by atoms with Crippen LogP contribution < -0.4 is 11.1 Å². The molecule has 3 N–H and O–H groups in total. The molecule has 2 amide bonds. The van der Waals surface area contributed by atoms with Crippen molar-refractivity contribution < 1.29 is 4.79 Å². The van der Waals surface area contributed by atoms with Crippen molar-refractivity contribution in [3.8, 4) is 0 Å². The van der Waals surface area contributed by atoms with Crippen molar-refractivity contribution in [2.24, 2.45) is 5.73 Å². The molecule has 0 bridgehead atoms. The van der Waals surface area contributed by atoms with Crippen LogP contribution in [0.25, 0.3) is 0 Å². The van der Waals surface area contributed by atoms with E-state index in [2.05, 4.69) is 5.32 Å². The molecule has 1 atom stereocenters. The molecule has 1 aliphatic heterocycles. The first-order valence-electron chi connectivity index (χ1n) is 5.07. The second kappa shape index (κ2) is 3.54. The molecule has 74 valence electrons. The number of piperidine rings is 1. The van der Waals surface area contributed by atoms with E-state index in [1.165, 1.54) is 0 Å². The first kappa shape index (κ1) is 8.81. The molecule has 0 radical (unpaired) electrons. The Morgan fingerprint density at radius 2 is 2.15 bits per heavy atom. The number of amides is 2. The van der Waals surface area contributed by atoms with E-state index < -0.39 is 0 Å². The van der Waals surface area contributed by atoms with Crippen molar-refractivity contribution in [1.29, 1.82) is 0 Å². The number of nitrogens with one attached hydrogen (secondary N) is 1. The molecule has 0 spiro atoms. The molecule has 4 nitrogen and oxygen atoms in total. The van der Waals surface area contributed by atoms with Gasteiger partial charge in [-0.05, 0) is 25.7 Å². The average Bonchev–Trinajstić information content (AvgIpc) is 2.88. The third-order valence-corrected chi connectivity index (χ3v) is 2.65. The van der Waals surface area contributed by atoms with Crippen LogP contribution in [-0.2, 0) is 0 Å². The summed E-state index contributed by atoms with van der Waals surface area (Å²) < 4.78 is 0. The highest BCUT2D eigenvalue weighted by molar-refractivity contribution is 5.75. The molecule has 0 aromatic rings. The minimum atomic E-state index is 0.0812. The fourth-order valence-electron chi connectivity index (χ4n) is 1.69. The van der Waals surface area contributed by atoms with E-state index in [0.717, 1.165) is 38.8 Å². The van der Waals surface area contributed by atoms with Crippen LogP contribution in [0, 0.1) is 0 Å². The summed E-state index contributed by atoms with van der Waals surface area (Å²) in [4.78, 5) is 13.4. The molecule has 1 heterocycles. The molecule has 2 fully saturated rings. The van der Waals surface area contributed by atoms with Gasteiger partial charge in [0.25, 0.3) is 0 Å². The summed E-state index contributed by atoms with van der Waals surface area (Å²) in [5.74, 6) is 0. The summed E-state index contributed by atoms with van der Waals surface area (Å²) in [6, 6.07) is 0.710. The van der Waals surface area contributed by atoms with Gasteiger partial charge in [0.05, 0.1) is 0 Å². The van der Waals surface area contributed by atoms with E-state index in [1.54, 1.807) is 0 Å². The molecule has 1 saturated carbocycles. The highest BCUT2D eigenvalue weighted by atomic mass is 16.2. The van der Waals surface area contributed by atoms with E-state index in [-0.39, 0.29) is 12.1 Å². The van der Waals surface area contributed by atoms with Crippen LogP contribution in [0.4, 0.5) is 4.79 Å². The number of hydrogen-bond donors (Lipinski definition) is 2. The lowest BCUT2D eigenvalue weighted by atomic mass is 10.1. The molecule has 1 aliphatic carbocycles. The standard InChI is InChI=1S/C9H17N3O/c10-7-2-1-5-12(6-7)9(13)11-8-3-4-8/h7-8H,1-6,10H2,(H,11,13). The van der Waals surface area contributed by atoms with Crippen LogP contribution in [0.2, 0.25) is 0 Å². The Bertz CT molecular complexity index is 203. The zero-order valence-corrected chi connectivity index (χ0v) is 7.83. The Hall–Kier alpha value is -0.770. The zero-order valence-electron chi connectivity index (χ0n) is 7.83. The van der Waals surface area contributed by atoms with Gasteiger partial charge in [-0.25, -0.2) is 4.79 Å². The molecular formula is C9H17N3O. The fraction of sp³-hybridized carbons (Fsp3) is 0.889. The first-order valence-corrected chi connectivity index (χ1v) is 5.07. The van der Waals surface area contributed by atoms with Gasteiger partial charge in [-0.2, -0.15) is 0 Å². The number of carbonyl (C=O) groups excluding carboxylic acids is 1. The van der Waals surface area contributed by atoms with Gasteiger partial charge in [-0.15, -0.1) is 0 Å². The topological polar surface area (TPSA) is 58.4 Å². The lowest BCUT2D eigenvalue weighted by Gasteiger charge is -2.30. The molecule has 1 unspecified atom stereocenters. The molecule has 0 aromatic carbocycles. The van der Waals surface area contributed by atoms with Gasteiger partial charge in [-0.3, -0.25) is 0 Å². The number of nitrogens with two attached hydrogens (primary N) is 1. The number of nitrogens with zero attached hydrogens (tertiary/aromatic N) is 1. The SMILES string of the molecule is NC1CCCN(C(=O)NC2CC2)C1. The van der Waals surface area contributed by atoms with Crippen LogP contribution in [-0.4, -0.2) is 36.1 Å². The van der Waals surface area contributed by atoms with Crippen LogP contribution >= 0.6 is 0 Å². The smallest absolute Gasteiger partial charge is 0.317 e. The minimum Gasteiger partial charge on any atom is -0.335 e. The van der Waals surface area contributed by atoms with E-state index >= 15 is 0 Å². The van der Waals surface area contributed by atoms with E-state index in [4.69, 9.17) is 5.73 Å². The Morgan fingerprint density at radius 3 is 2.77 bits per heavy atom. The molecular weight excluding hydrogens is 166 g/mol. The van der Waals surface area contributed by atoms with Crippen LogP contribution in [0.5, 0.6) is 0 Å². The van der Waals surface area contributed by atoms with Crippen molar-refractivity contribution in [3.63, 3.8) is 0 Å². The lowest BCUT2D eigenvalue weighted by molar-refractivity contribution is 0.179. The van der Waals surface area contributed by atoms with Crippen LogP contribution in [0.1, 0.15) is 25.7 Å². The molecule has 2 rings (SSSR count). The normalized spacial score (nSPS) is 28.7. The van der Waals surface area contributed by atoms with Crippen molar-refractivity contribution in [1.82, 2.24) is 10.2 Å². The third kappa shape index (κ3) is 2.34. The lowest BCUT2D eigenvalue weighted by Crippen LogP contribution is -2.49. The summed E-state index contributed by atoms with van der Waals surface area (Å²) in [6.45, 7) is 1.59. The van der Waals surface area contributed by atoms with Crippen molar-refractivity contribution in [2.75, 3.05) is 13.1 Å². The van der Waals surface area contributed by atoms with Gasteiger partial charge in [0.1, 0.15) is 0 Å². The Balaban J connectivity index is 1.80. The second-order valence-electron chi connectivity index (χ2n) is 4.07. The van der Waals surface area contributed by atoms with Crippen molar-refractivity contribution >= 4 is 6.03 Å². The number of carbonyl (C=O) groups is 1. The van der Waals surface area contributed by atoms with Crippen LogP contribution in [0.3, 0.4) is 0 Å². The zero-order chi connectivity index (χ0) is 9.26. The summed E-state index contributed by atoms with van der Waals surface area (Å²) in [5.41, 5.74) is 5.79. The number of hydrogen-bond acceptors (Lipinski definition) is 2. The van der Waals surface area contributed by atoms with E-state index in [9.17, 15) is 4.79 Å². The third-order valence-electron chi connectivity index (χ3n) is 2.65. The van der Waals surface area contributed by atoms with Gasteiger partial charge < -0.3 is 16.0 Å². The highest BCUT2D eigenvalue weighted by Gasteiger charge is 2.27. The molecule has 2 aliphatic rings. The van der Waals surface area contributed by atoms with Gasteiger partial charge in [0, 0.05) is 25.2 Å². The minimum absolute atomic E-state index is 0.0812. The molecule has 1 saturated heterocycles. The van der Waals surface area contributed by atoms with Gasteiger partial charge in [0.15, 0.2) is 0 Å². The van der Waals surface area contributed by atoms with E-state index in [0.29, 0.717) is 6.04 Å². The van der Waals surface area contributed by atoms with E-state index in [1.807, 2.05) is 4.90 Å². The maximum Gasteiger partial charge on any atom is 0.317 e. The largest absolute Gasteiger partial charge is 0.335 e. The Kier molecular flexibility index (Phi) is 2.40. The summed E-state index contributed by atoms with van der Waals surface area (Å²) in [7, 11) is 0. The fourth-order valence-corrected chi connectivity index (χ4v) is 1.69. The first-order chi connectivity index (χ1) is 6.25. The monoisotopic (exact) mass is 183 g/mol. The number of rotatable bonds is 1. The van der Waals surface area contributed by atoms with Crippen LogP contribution in [0.15, 0.2) is 0 Å². The summed E-state index contributed by atoms with van der Waals surface area (Å²) in [6.07, 6.45) is 4.38. The predicted octanol–water partition coefficient (Wildman–Crippen LogP) is 0.281. The molecule has 0 aromatic heterocycles. The van der Waals surface area contributed by atoms with Crippen molar-refractivity contribution in [2.45, 2.75) is 37.8 Å². The van der Waals surface area contributed by atoms with Gasteiger partial charge in [0.2, 0.25) is 0 Å². The summed E-state index contributed by atoms with van der Waals surface area (Å²) >= 11 is 0. The van der Waals surface area contributed by atoms with Gasteiger partial charge in [-0.1, -0.05) is 0 Å². The maximum atomic E-state index is 11.6. The second-order valence-corrected chi connectivity index (χ2v) is 4.07. The Morgan fingerprint density at radius 1 is 1.38 bits per heavy atom.